The van der Waals surface area contributed by atoms with Crippen molar-refractivity contribution in [1.29, 1.82) is 0 Å². The van der Waals surface area contributed by atoms with Gasteiger partial charge in [-0.2, -0.15) is 0 Å². The summed E-state index contributed by atoms with van der Waals surface area (Å²) < 4.78 is 0. The maximum absolute atomic E-state index is 12.7. The average Bonchev–Trinajstić information content (AvgIpc) is 2.93. The molecule has 2 aliphatic heterocycles. The summed E-state index contributed by atoms with van der Waals surface area (Å²) >= 11 is 0. The van der Waals surface area contributed by atoms with Crippen molar-refractivity contribution >= 4 is 28.6 Å². The number of nitrogens with two attached hydrogens (primary N) is 1. The van der Waals surface area contributed by atoms with Gasteiger partial charge in [0.25, 0.3) is 0 Å². The van der Waals surface area contributed by atoms with Gasteiger partial charge in [0.1, 0.15) is 12.1 Å². The van der Waals surface area contributed by atoms with Crippen molar-refractivity contribution < 1.29 is 14.4 Å². The zero-order valence-electron chi connectivity index (χ0n) is 13.0. The topological polar surface area (TPSA) is 108 Å². The Morgan fingerprint density at radius 2 is 2.08 bits per heavy atom. The molecule has 1 fully saturated rings. The van der Waals surface area contributed by atoms with Crippen LogP contribution in [0.3, 0.4) is 0 Å². The molecule has 0 radical (unpaired) electrons. The van der Waals surface area contributed by atoms with Gasteiger partial charge in [0, 0.05) is 29.4 Å². The lowest BCUT2D eigenvalue weighted by Crippen LogP contribution is -2.64. The number of rotatable bonds is 3. The smallest absolute Gasteiger partial charge is 0.246 e. The second-order valence-corrected chi connectivity index (χ2v) is 6.38. The normalized spacial score (nSPS) is 22.9. The van der Waals surface area contributed by atoms with E-state index in [1.54, 1.807) is 4.90 Å². The summed E-state index contributed by atoms with van der Waals surface area (Å²) in [5.41, 5.74) is 8.24. The van der Waals surface area contributed by atoms with Crippen LogP contribution in [0.5, 0.6) is 0 Å². The molecular formula is C17H18N4O3. The van der Waals surface area contributed by atoms with Gasteiger partial charge in [0.2, 0.25) is 17.7 Å². The number of fused-ring (bicyclic) bond motifs is 4. The lowest BCUT2D eigenvalue weighted by atomic mass is 9.92. The Balaban J connectivity index is 1.65. The maximum atomic E-state index is 12.7. The largest absolute Gasteiger partial charge is 0.370 e. The van der Waals surface area contributed by atoms with Crippen molar-refractivity contribution in [2.75, 3.05) is 0 Å². The quantitative estimate of drug-likeness (QED) is 0.749. The molecular weight excluding hydrogens is 308 g/mol. The highest BCUT2D eigenvalue weighted by atomic mass is 16.2. The van der Waals surface area contributed by atoms with Crippen LogP contribution in [-0.2, 0) is 27.3 Å². The highest BCUT2D eigenvalue weighted by Crippen LogP contribution is 2.32. The van der Waals surface area contributed by atoms with Gasteiger partial charge < -0.3 is 20.9 Å². The zero-order valence-corrected chi connectivity index (χ0v) is 13.0. The number of amides is 3. The molecule has 1 saturated heterocycles. The number of nitrogens with zero attached hydrogens (tertiary/aromatic N) is 1. The van der Waals surface area contributed by atoms with Crippen molar-refractivity contribution in [3.05, 3.63) is 35.5 Å². The van der Waals surface area contributed by atoms with E-state index in [1.165, 1.54) is 0 Å². The third-order valence-electron chi connectivity index (χ3n) is 4.88. The average molecular weight is 326 g/mol. The standard InChI is InChI=1S/C17H18N4O3/c18-15(22)6-5-12-17(24)21-8-13-10(7-14(21)16(23)20-12)9-3-1-2-4-11(9)19-13/h1-4,12,14,19H,5-8H2,(H2,18,22)(H,20,23)/t12-,14+/m1/s1. The summed E-state index contributed by atoms with van der Waals surface area (Å²) in [6.45, 7) is 0.383. The first kappa shape index (κ1) is 14.7. The van der Waals surface area contributed by atoms with Crippen molar-refractivity contribution in [2.24, 2.45) is 5.73 Å². The third kappa shape index (κ3) is 2.24. The fourth-order valence-electron chi connectivity index (χ4n) is 3.69. The molecule has 3 heterocycles. The van der Waals surface area contributed by atoms with Crippen LogP contribution in [-0.4, -0.2) is 39.7 Å². The van der Waals surface area contributed by atoms with Gasteiger partial charge in [0.05, 0.1) is 6.54 Å². The van der Waals surface area contributed by atoms with E-state index >= 15 is 0 Å². The molecule has 3 amide bonds. The maximum Gasteiger partial charge on any atom is 0.246 e. The highest BCUT2D eigenvalue weighted by Gasteiger charge is 2.43. The number of carbonyl (C=O) groups is 3. The van der Waals surface area contributed by atoms with Crippen LogP contribution in [0.1, 0.15) is 24.1 Å². The van der Waals surface area contributed by atoms with Gasteiger partial charge in [-0.25, -0.2) is 0 Å². The van der Waals surface area contributed by atoms with Crippen molar-refractivity contribution in [3.63, 3.8) is 0 Å². The summed E-state index contributed by atoms with van der Waals surface area (Å²) in [5.74, 6) is -0.791. The minimum Gasteiger partial charge on any atom is -0.370 e. The number of hydrogen-bond acceptors (Lipinski definition) is 3. The number of H-pyrrole nitrogens is 1. The van der Waals surface area contributed by atoms with E-state index in [0.29, 0.717) is 13.0 Å². The Labute approximate surface area is 138 Å². The molecule has 0 unspecified atom stereocenters. The zero-order chi connectivity index (χ0) is 16.8. The molecule has 7 heteroatoms. The number of aromatic nitrogens is 1. The highest BCUT2D eigenvalue weighted by molar-refractivity contribution is 5.98. The molecule has 24 heavy (non-hydrogen) atoms. The van der Waals surface area contributed by atoms with Crippen LogP contribution < -0.4 is 11.1 Å². The van der Waals surface area contributed by atoms with Gasteiger partial charge in [-0.15, -0.1) is 0 Å². The van der Waals surface area contributed by atoms with Gasteiger partial charge >= 0.3 is 0 Å². The molecule has 124 valence electrons. The summed E-state index contributed by atoms with van der Waals surface area (Å²) in [6.07, 6.45) is 0.814. The van der Waals surface area contributed by atoms with Gasteiger partial charge in [-0.1, -0.05) is 18.2 Å². The van der Waals surface area contributed by atoms with E-state index in [4.69, 9.17) is 5.73 Å². The van der Waals surface area contributed by atoms with Crippen LogP contribution >= 0.6 is 0 Å². The molecule has 2 atom stereocenters. The minimum absolute atomic E-state index is 0.0762. The van der Waals surface area contributed by atoms with Crippen molar-refractivity contribution in [1.82, 2.24) is 15.2 Å². The van der Waals surface area contributed by atoms with Crippen LogP contribution in [0.4, 0.5) is 0 Å². The Morgan fingerprint density at radius 1 is 1.29 bits per heavy atom. The Kier molecular flexibility index (Phi) is 3.30. The molecule has 0 bridgehead atoms. The molecule has 0 aliphatic carbocycles. The van der Waals surface area contributed by atoms with Crippen molar-refractivity contribution in [2.45, 2.75) is 37.9 Å². The van der Waals surface area contributed by atoms with Gasteiger partial charge in [-0.3, -0.25) is 14.4 Å². The monoisotopic (exact) mass is 326 g/mol. The lowest BCUT2D eigenvalue weighted by molar-refractivity contribution is -0.151. The summed E-state index contributed by atoms with van der Waals surface area (Å²) in [6, 6.07) is 6.77. The van der Waals surface area contributed by atoms with E-state index < -0.39 is 18.0 Å². The number of para-hydroxylation sites is 1. The molecule has 2 aliphatic rings. The van der Waals surface area contributed by atoms with E-state index in [2.05, 4.69) is 10.3 Å². The molecule has 2 aromatic rings. The fourth-order valence-corrected chi connectivity index (χ4v) is 3.69. The molecule has 1 aromatic heterocycles. The third-order valence-corrected chi connectivity index (χ3v) is 4.88. The van der Waals surface area contributed by atoms with E-state index in [-0.39, 0.29) is 24.7 Å². The van der Waals surface area contributed by atoms with Crippen molar-refractivity contribution in [3.8, 4) is 0 Å². The number of carbonyl (C=O) groups excluding carboxylic acids is 3. The molecule has 0 saturated carbocycles. The first-order valence-corrected chi connectivity index (χ1v) is 8.02. The van der Waals surface area contributed by atoms with Crippen LogP contribution in [0, 0.1) is 0 Å². The Hall–Kier alpha value is -2.83. The molecule has 4 N–H and O–H groups in total. The van der Waals surface area contributed by atoms with Gasteiger partial charge in [0.15, 0.2) is 0 Å². The number of nitrogens with one attached hydrogen (secondary N) is 2. The van der Waals surface area contributed by atoms with E-state index in [0.717, 1.165) is 22.2 Å². The van der Waals surface area contributed by atoms with Crippen LogP contribution in [0.25, 0.3) is 10.9 Å². The molecule has 4 rings (SSSR count). The Morgan fingerprint density at radius 3 is 2.88 bits per heavy atom. The lowest BCUT2D eigenvalue weighted by Gasteiger charge is -2.41. The first-order chi connectivity index (χ1) is 11.5. The second-order valence-electron chi connectivity index (χ2n) is 6.38. The van der Waals surface area contributed by atoms with E-state index in [9.17, 15) is 14.4 Å². The van der Waals surface area contributed by atoms with Gasteiger partial charge in [-0.05, 0) is 18.1 Å². The molecule has 1 aromatic carbocycles. The number of piperazine rings is 1. The predicted octanol–water partition coefficient (Wildman–Crippen LogP) is 0.185. The fraction of sp³-hybridized carbons (Fsp3) is 0.353. The summed E-state index contributed by atoms with van der Waals surface area (Å²) in [5, 5.41) is 3.84. The second kappa shape index (κ2) is 5.36. The Bertz CT molecular complexity index is 857. The van der Waals surface area contributed by atoms with Crippen LogP contribution in [0.15, 0.2) is 24.3 Å². The number of primary amides is 1. The number of benzene rings is 1. The molecule has 0 spiro atoms. The molecule has 7 nitrogen and oxygen atoms in total. The SMILES string of the molecule is NC(=O)CC[C@H]1NC(=O)[C@@H]2Cc3c([nH]c4ccccc34)CN2C1=O. The number of hydrogen-bond donors (Lipinski definition) is 3. The van der Waals surface area contributed by atoms with E-state index in [1.807, 2.05) is 24.3 Å². The van der Waals surface area contributed by atoms with Crippen LogP contribution in [0.2, 0.25) is 0 Å². The predicted molar refractivity (Wildman–Crippen MR) is 86.7 cm³/mol. The number of aromatic amines is 1. The summed E-state index contributed by atoms with van der Waals surface area (Å²) in [7, 11) is 0. The minimum atomic E-state index is -0.674. The first-order valence-electron chi connectivity index (χ1n) is 8.02. The summed E-state index contributed by atoms with van der Waals surface area (Å²) in [4.78, 5) is 41.1.